The number of hydrogen-bond donors (Lipinski definition) is 1. The second kappa shape index (κ2) is 8.83. The van der Waals surface area contributed by atoms with Gasteiger partial charge in [-0.1, -0.05) is 6.08 Å². The smallest absolute Gasteiger partial charge is 0.419 e. The first-order chi connectivity index (χ1) is 14.3. The Morgan fingerprint density at radius 1 is 1.03 bits per heavy atom. The lowest BCUT2D eigenvalue weighted by Gasteiger charge is -2.24. The molecule has 0 aliphatic rings. The summed E-state index contributed by atoms with van der Waals surface area (Å²) in [6.45, 7) is 6.34. The molecule has 2 aromatic rings. The zero-order valence-electron chi connectivity index (χ0n) is 17.8. The maximum Gasteiger partial charge on any atom is 0.419 e. The molecule has 2 aromatic carbocycles. The fourth-order valence-corrected chi connectivity index (χ4v) is 2.89. The molecule has 0 heterocycles. The highest BCUT2D eigenvalue weighted by atomic mass is 19.4. The Morgan fingerprint density at radius 2 is 1.61 bits per heavy atom. The quantitative estimate of drug-likeness (QED) is 0.460. The number of hydrogen-bond acceptors (Lipinski definition) is 4. The van der Waals surface area contributed by atoms with Gasteiger partial charge >= 0.3 is 12.1 Å². The van der Waals surface area contributed by atoms with Gasteiger partial charge in [-0.3, -0.25) is 4.79 Å². The molecule has 0 saturated carbocycles. The summed E-state index contributed by atoms with van der Waals surface area (Å²) in [7, 11) is 1.13. The summed E-state index contributed by atoms with van der Waals surface area (Å²) in [6.07, 6.45) is -2.00. The molecule has 0 fully saturated rings. The van der Waals surface area contributed by atoms with E-state index in [1.165, 1.54) is 32.1 Å². The van der Waals surface area contributed by atoms with Crippen molar-refractivity contribution in [3.05, 3.63) is 64.2 Å². The van der Waals surface area contributed by atoms with Crippen molar-refractivity contribution in [2.24, 2.45) is 0 Å². The van der Waals surface area contributed by atoms with Crippen LogP contribution >= 0.6 is 0 Å². The van der Waals surface area contributed by atoms with Crippen molar-refractivity contribution in [3.8, 4) is 11.5 Å². The van der Waals surface area contributed by atoms with E-state index in [2.05, 4.69) is 0 Å². The number of ether oxygens (including phenoxy) is 2. The predicted molar refractivity (Wildman–Crippen MR) is 110 cm³/mol. The second-order valence-corrected chi connectivity index (χ2v) is 7.51. The zero-order chi connectivity index (χ0) is 23.6. The lowest BCUT2D eigenvalue weighted by atomic mass is 10.0. The number of ketones is 1. The minimum absolute atomic E-state index is 0.124. The Balaban J connectivity index is 2.30. The molecule has 0 spiro atoms. The van der Waals surface area contributed by atoms with Gasteiger partial charge in [-0.2, -0.15) is 13.2 Å². The van der Waals surface area contributed by atoms with E-state index in [0.717, 1.165) is 19.2 Å². The molecule has 5 nitrogen and oxygen atoms in total. The van der Waals surface area contributed by atoms with E-state index in [-0.39, 0.29) is 11.3 Å². The highest BCUT2D eigenvalue weighted by Gasteiger charge is 2.35. The molecule has 0 radical (unpaired) electrons. The van der Waals surface area contributed by atoms with E-state index in [0.29, 0.717) is 22.4 Å². The Bertz CT molecular complexity index is 1010. The Kier molecular flexibility index (Phi) is 6.83. The Labute approximate surface area is 178 Å². The van der Waals surface area contributed by atoms with Crippen molar-refractivity contribution in [1.29, 1.82) is 0 Å². The van der Waals surface area contributed by atoms with Gasteiger partial charge < -0.3 is 14.6 Å². The molecule has 0 aromatic heterocycles. The van der Waals surface area contributed by atoms with Crippen molar-refractivity contribution in [2.45, 2.75) is 39.5 Å². The normalized spacial score (nSPS) is 12.1. The molecule has 31 heavy (non-hydrogen) atoms. The SMILES string of the molecule is COc1ccc(C(=O)/C=C/c2cc(C)c(OC(C)(C)C(=O)O)c(C)c2)cc1C(F)(F)F. The number of carboxylic acids is 1. The van der Waals surface area contributed by atoms with E-state index >= 15 is 0 Å². The third kappa shape index (κ3) is 5.65. The van der Waals surface area contributed by atoms with E-state index in [1.807, 2.05) is 0 Å². The minimum atomic E-state index is -4.65. The van der Waals surface area contributed by atoms with Crippen LogP contribution in [0, 0.1) is 13.8 Å². The number of alkyl halides is 3. The van der Waals surface area contributed by atoms with Crippen LogP contribution < -0.4 is 9.47 Å². The minimum Gasteiger partial charge on any atom is -0.496 e. The van der Waals surface area contributed by atoms with E-state index in [9.17, 15) is 27.9 Å². The Morgan fingerprint density at radius 3 is 2.10 bits per heavy atom. The molecule has 0 atom stereocenters. The summed E-state index contributed by atoms with van der Waals surface area (Å²) in [6, 6.07) is 6.52. The summed E-state index contributed by atoms with van der Waals surface area (Å²) >= 11 is 0. The summed E-state index contributed by atoms with van der Waals surface area (Å²) in [5, 5.41) is 9.24. The molecule has 0 aliphatic heterocycles. The van der Waals surface area contributed by atoms with Crippen LogP contribution in [0.1, 0.15) is 46.5 Å². The van der Waals surface area contributed by atoms with Crippen LogP contribution in [-0.2, 0) is 11.0 Å². The van der Waals surface area contributed by atoms with Gasteiger partial charge in [0, 0.05) is 5.56 Å². The number of halogens is 3. The van der Waals surface area contributed by atoms with Crippen LogP contribution in [0.15, 0.2) is 36.4 Å². The molecular weight excluding hydrogens is 413 g/mol. The number of rotatable bonds is 7. The van der Waals surface area contributed by atoms with Gasteiger partial charge in [-0.25, -0.2) is 4.79 Å². The molecule has 0 aliphatic carbocycles. The Hall–Kier alpha value is -3.29. The number of allylic oxidation sites excluding steroid dienone is 1. The van der Waals surface area contributed by atoms with Crippen LogP contribution in [0.25, 0.3) is 6.08 Å². The van der Waals surface area contributed by atoms with Gasteiger partial charge in [0.05, 0.1) is 12.7 Å². The third-order valence-corrected chi connectivity index (χ3v) is 4.57. The molecule has 0 amide bonds. The summed E-state index contributed by atoms with van der Waals surface area (Å²) in [5.74, 6) is -1.66. The fourth-order valence-electron chi connectivity index (χ4n) is 2.89. The summed E-state index contributed by atoms with van der Waals surface area (Å²) in [5.41, 5.74) is -0.638. The number of carbonyl (C=O) groups is 2. The number of benzene rings is 2. The average molecular weight is 436 g/mol. The standard InChI is InChI=1S/C23H23F3O5/c1-13-10-15(11-14(2)20(13)31-22(3,4)21(28)29)6-8-18(27)16-7-9-19(30-5)17(12-16)23(24,25)26/h6-12H,1-5H3,(H,28,29)/b8-6+. The number of methoxy groups -OCH3 is 1. The number of carboxylic acid groups (broad SMARTS) is 1. The van der Waals surface area contributed by atoms with Gasteiger partial charge in [0.15, 0.2) is 11.4 Å². The van der Waals surface area contributed by atoms with Crippen LogP contribution in [0.2, 0.25) is 0 Å². The summed E-state index contributed by atoms with van der Waals surface area (Å²) < 4.78 is 49.9. The van der Waals surface area contributed by atoms with Crippen molar-refractivity contribution in [3.63, 3.8) is 0 Å². The average Bonchev–Trinajstić information content (AvgIpc) is 2.67. The van der Waals surface area contributed by atoms with Gasteiger partial charge in [0.2, 0.25) is 0 Å². The molecule has 2 rings (SSSR count). The van der Waals surface area contributed by atoms with Crippen LogP contribution in [0.3, 0.4) is 0 Å². The highest BCUT2D eigenvalue weighted by Crippen LogP contribution is 2.37. The van der Waals surface area contributed by atoms with E-state index < -0.39 is 29.1 Å². The number of carbonyl (C=O) groups excluding carboxylic acids is 1. The topological polar surface area (TPSA) is 72.8 Å². The van der Waals surface area contributed by atoms with Crippen LogP contribution in [-0.4, -0.2) is 29.6 Å². The van der Waals surface area contributed by atoms with Crippen molar-refractivity contribution in [1.82, 2.24) is 0 Å². The number of aliphatic carboxylic acids is 1. The first-order valence-corrected chi connectivity index (χ1v) is 9.27. The molecule has 166 valence electrons. The summed E-state index contributed by atoms with van der Waals surface area (Å²) in [4.78, 5) is 23.7. The molecular formula is C23H23F3O5. The lowest BCUT2D eigenvalue weighted by Crippen LogP contribution is -2.38. The van der Waals surface area contributed by atoms with Crippen molar-refractivity contribution >= 4 is 17.8 Å². The molecule has 0 bridgehead atoms. The lowest BCUT2D eigenvalue weighted by molar-refractivity contribution is -0.152. The maximum atomic E-state index is 13.2. The van der Waals surface area contributed by atoms with E-state index in [1.54, 1.807) is 26.0 Å². The van der Waals surface area contributed by atoms with Crippen LogP contribution in [0.4, 0.5) is 13.2 Å². The number of aryl methyl sites for hydroxylation is 2. The third-order valence-electron chi connectivity index (χ3n) is 4.57. The van der Waals surface area contributed by atoms with Crippen LogP contribution in [0.5, 0.6) is 11.5 Å². The van der Waals surface area contributed by atoms with Crippen molar-refractivity contribution < 1.29 is 37.3 Å². The fraction of sp³-hybridized carbons (Fsp3) is 0.304. The molecule has 8 heteroatoms. The molecule has 1 N–H and O–H groups in total. The predicted octanol–water partition coefficient (Wildman–Crippen LogP) is 5.47. The van der Waals surface area contributed by atoms with Gasteiger partial charge in [-0.15, -0.1) is 0 Å². The van der Waals surface area contributed by atoms with Crippen molar-refractivity contribution in [2.75, 3.05) is 7.11 Å². The zero-order valence-corrected chi connectivity index (χ0v) is 17.8. The van der Waals surface area contributed by atoms with E-state index in [4.69, 9.17) is 9.47 Å². The van der Waals surface area contributed by atoms with Gasteiger partial charge in [-0.05, 0) is 80.8 Å². The first-order valence-electron chi connectivity index (χ1n) is 9.27. The second-order valence-electron chi connectivity index (χ2n) is 7.51. The largest absolute Gasteiger partial charge is 0.496 e. The monoisotopic (exact) mass is 436 g/mol. The molecule has 0 saturated heterocycles. The maximum absolute atomic E-state index is 13.2. The first kappa shape index (κ1) is 24.0. The molecule has 0 unspecified atom stereocenters. The van der Waals surface area contributed by atoms with Gasteiger partial charge in [0.25, 0.3) is 0 Å². The highest BCUT2D eigenvalue weighted by molar-refractivity contribution is 6.07. The van der Waals surface area contributed by atoms with Gasteiger partial charge in [0.1, 0.15) is 11.5 Å².